The van der Waals surface area contributed by atoms with Gasteiger partial charge in [-0.15, -0.1) is 0 Å². The normalized spacial score (nSPS) is 13.9. The molecule has 0 aromatic heterocycles. The second kappa shape index (κ2) is 7.59. The van der Waals surface area contributed by atoms with E-state index in [4.69, 9.17) is 34.8 Å². The first-order valence-corrected chi connectivity index (χ1v) is 6.60. The minimum atomic E-state index is -1.52. The lowest BCUT2D eigenvalue weighted by atomic mass is 10.3. The molecule has 0 aromatic rings. The largest absolute Gasteiger partial charge is 0.337 e. The number of nitrogens with one attached hydrogen (secondary N) is 1. The lowest BCUT2D eigenvalue weighted by Crippen LogP contribution is -2.55. The molecule has 0 aliphatic heterocycles. The molecule has 1 unspecified atom stereocenters. The van der Waals surface area contributed by atoms with E-state index in [9.17, 15) is 4.79 Å². The molecule has 96 valence electrons. The maximum Gasteiger partial charge on any atom is 0.223 e. The summed E-state index contributed by atoms with van der Waals surface area (Å²) in [7, 11) is 0. The van der Waals surface area contributed by atoms with Crippen LogP contribution in [0, 0.1) is 0 Å². The predicted molar refractivity (Wildman–Crippen MR) is 70.0 cm³/mol. The minimum absolute atomic E-state index is 0.0919. The number of amides is 1. The zero-order valence-corrected chi connectivity index (χ0v) is 12.2. The predicted octanol–water partition coefficient (Wildman–Crippen LogP) is 2.94. The molecule has 0 aliphatic rings. The van der Waals surface area contributed by atoms with Crippen molar-refractivity contribution in [2.24, 2.45) is 0 Å². The first-order chi connectivity index (χ1) is 7.36. The van der Waals surface area contributed by atoms with E-state index < -0.39 is 9.96 Å². The molecule has 0 aromatic carbocycles. The minimum Gasteiger partial charge on any atom is -0.337 e. The third-order valence-electron chi connectivity index (χ3n) is 2.26. The molecule has 1 N–H and O–H groups in total. The van der Waals surface area contributed by atoms with Gasteiger partial charge in [-0.3, -0.25) is 9.69 Å². The number of hydrogen-bond acceptors (Lipinski definition) is 2. The van der Waals surface area contributed by atoms with E-state index in [-0.39, 0.29) is 5.91 Å². The Balaban J connectivity index is 4.62. The zero-order chi connectivity index (χ0) is 12.8. The van der Waals surface area contributed by atoms with Crippen LogP contribution in [0.5, 0.6) is 0 Å². The van der Waals surface area contributed by atoms with E-state index in [0.717, 1.165) is 6.42 Å². The van der Waals surface area contributed by atoms with Crippen LogP contribution < -0.4 is 5.32 Å². The molecule has 0 spiro atoms. The Morgan fingerprint density at radius 2 is 1.75 bits per heavy atom. The van der Waals surface area contributed by atoms with Crippen molar-refractivity contribution in [3.8, 4) is 0 Å². The van der Waals surface area contributed by atoms with Gasteiger partial charge in [0.05, 0.1) is 0 Å². The van der Waals surface area contributed by atoms with Gasteiger partial charge in [0.25, 0.3) is 0 Å². The van der Waals surface area contributed by atoms with Crippen molar-refractivity contribution in [3.63, 3.8) is 0 Å². The van der Waals surface area contributed by atoms with Crippen molar-refractivity contribution < 1.29 is 4.79 Å². The van der Waals surface area contributed by atoms with Crippen molar-refractivity contribution in [3.05, 3.63) is 0 Å². The lowest BCUT2D eigenvalue weighted by Gasteiger charge is -2.34. The molecule has 16 heavy (non-hydrogen) atoms. The molecule has 6 heteroatoms. The molecule has 0 heterocycles. The van der Waals surface area contributed by atoms with Gasteiger partial charge in [-0.25, -0.2) is 0 Å². The average molecular weight is 290 g/mol. The fourth-order valence-electron chi connectivity index (χ4n) is 1.42. The van der Waals surface area contributed by atoms with E-state index in [1.807, 2.05) is 25.7 Å². The summed E-state index contributed by atoms with van der Waals surface area (Å²) in [6.07, 6.45) is 0.640. The van der Waals surface area contributed by atoms with Crippen LogP contribution in [0.3, 0.4) is 0 Å². The van der Waals surface area contributed by atoms with Crippen LogP contribution in [0.15, 0.2) is 0 Å². The Hall–Kier alpha value is 0.300. The van der Waals surface area contributed by atoms with Gasteiger partial charge in [0.1, 0.15) is 6.17 Å². The maximum atomic E-state index is 11.5. The van der Waals surface area contributed by atoms with Gasteiger partial charge in [-0.2, -0.15) is 0 Å². The standard InChI is InChI=1S/C10H19Cl3N2O/c1-4-7-8(16)14-9(10(11,12)13)15(5-2)6-3/h9H,4-7H2,1-3H3,(H,14,16). The highest BCUT2D eigenvalue weighted by molar-refractivity contribution is 6.68. The van der Waals surface area contributed by atoms with Crippen molar-refractivity contribution in [2.45, 2.75) is 43.6 Å². The average Bonchev–Trinajstić information content (AvgIpc) is 2.17. The van der Waals surface area contributed by atoms with Crippen molar-refractivity contribution in [1.82, 2.24) is 10.2 Å². The van der Waals surface area contributed by atoms with Crippen molar-refractivity contribution in [1.29, 1.82) is 0 Å². The number of rotatable bonds is 6. The topological polar surface area (TPSA) is 32.3 Å². The summed E-state index contributed by atoms with van der Waals surface area (Å²) in [4.78, 5) is 13.4. The number of hydrogen-bond donors (Lipinski definition) is 1. The molecule has 1 amide bonds. The Bertz CT molecular complexity index is 215. The van der Waals surface area contributed by atoms with Gasteiger partial charge >= 0.3 is 0 Å². The fraction of sp³-hybridized carbons (Fsp3) is 0.900. The van der Waals surface area contributed by atoms with Crippen LogP contribution in [-0.2, 0) is 4.79 Å². The second-order valence-corrected chi connectivity index (χ2v) is 5.85. The van der Waals surface area contributed by atoms with E-state index in [2.05, 4.69) is 5.32 Å². The first-order valence-electron chi connectivity index (χ1n) is 5.46. The highest BCUT2D eigenvalue weighted by Crippen LogP contribution is 2.32. The highest BCUT2D eigenvalue weighted by atomic mass is 35.6. The van der Waals surface area contributed by atoms with Gasteiger partial charge in [0.2, 0.25) is 9.70 Å². The molecular weight excluding hydrogens is 270 g/mol. The van der Waals surface area contributed by atoms with Crippen LogP contribution >= 0.6 is 34.8 Å². The third kappa shape index (κ3) is 5.58. The molecule has 3 nitrogen and oxygen atoms in total. The highest BCUT2D eigenvalue weighted by Gasteiger charge is 2.37. The first kappa shape index (κ1) is 16.3. The summed E-state index contributed by atoms with van der Waals surface area (Å²) in [6.45, 7) is 7.27. The number of carbonyl (C=O) groups excluding carboxylic acids is 1. The SMILES string of the molecule is CCCC(=O)NC(N(CC)CC)C(Cl)(Cl)Cl. The second-order valence-electron chi connectivity index (χ2n) is 3.48. The summed E-state index contributed by atoms with van der Waals surface area (Å²) in [5.41, 5.74) is 0. The monoisotopic (exact) mass is 288 g/mol. The lowest BCUT2D eigenvalue weighted by molar-refractivity contribution is -0.123. The molecule has 0 saturated carbocycles. The number of alkyl halides is 3. The molecule has 1 atom stereocenters. The van der Waals surface area contributed by atoms with Crippen LogP contribution in [0.4, 0.5) is 0 Å². The zero-order valence-electron chi connectivity index (χ0n) is 9.90. The molecule has 0 rings (SSSR count). The molecule has 0 saturated heterocycles. The van der Waals surface area contributed by atoms with Crippen LogP contribution in [-0.4, -0.2) is 33.9 Å². The Kier molecular flexibility index (Phi) is 7.73. The Labute approximate surface area is 112 Å². The molecule has 0 bridgehead atoms. The van der Waals surface area contributed by atoms with Gasteiger partial charge < -0.3 is 5.32 Å². The van der Waals surface area contributed by atoms with E-state index in [0.29, 0.717) is 19.5 Å². The smallest absolute Gasteiger partial charge is 0.223 e. The Morgan fingerprint density at radius 3 is 2.06 bits per heavy atom. The van der Waals surface area contributed by atoms with E-state index in [1.54, 1.807) is 0 Å². The Morgan fingerprint density at radius 1 is 1.25 bits per heavy atom. The third-order valence-corrected chi connectivity index (χ3v) is 2.88. The molecule has 0 aliphatic carbocycles. The van der Waals surface area contributed by atoms with Gasteiger partial charge in [-0.1, -0.05) is 55.6 Å². The maximum absolute atomic E-state index is 11.5. The fourth-order valence-corrected chi connectivity index (χ4v) is 2.00. The summed E-state index contributed by atoms with van der Waals surface area (Å²) < 4.78 is -1.52. The van der Waals surface area contributed by atoms with Crippen molar-refractivity contribution in [2.75, 3.05) is 13.1 Å². The van der Waals surface area contributed by atoms with Crippen LogP contribution in [0.2, 0.25) is 0 Å². The molecule has 0 fully saturated rings. The quantitative estimate of drug-likeness (QED) is 0.602. The molecular formula is C10H19Cl3N2O. The summed E-state index contributed by atoms with van der Waals surface area (Å²) >= 11 is 17.6. The summed E-state index contributed by atoms with van der Waals surface area (Å²) in [5, 5.41) is 2.75. The summed E-state index contributed by atoms with van der Waals surface area (Å²) in [5.74, 6) is -0.0919. The van der Waals surface area contributed by atoms with Gasteiger partial charge in [0.15, 0.2) is 0 Å². The van der Waals surface area contributed by atoms with E-state index in [1.165, 1.54) is 0 Å². The number of carbonyl (C=O) groups is 1. The van der Waals surface area contributed by atoms with E-state index >= 15 is 0 Å². The van der Waals surface area contributed by atoms with Crippen LogP contribution in [0.1, 0.15) is 33.6 Å². The van der Waals surface area contributed by atoms with Crippen molar-refractivity contribution >= 4 is 40.7 Å². The number of halogens is 3. The molecule has 0 radical (unpaired) electrons. The van der Waals surface area contributed by atoms with Gasteiger partial charge in [-0.05, 0) is 19.5 Å². The number of nitrogens with zero attached hydrogens (tertiary/aromatic N) is 1. The van der Waals surface area contributed by atoms with Gasteiger partial charge in [0, 0.05) is 6.42 Å². The van der Waals surface area contributed by atoms with Crippen LogP contribution in [0.25, 0.3) is 0 Å². The summed E-state index contributed by atoms with van der Waals surface area (Å²) in [6, 6.07) is 0.